The van der Waals surface area contributed by atoms with Gasteiger partial charge < -0.3 is 0 Å². The van der Waals surface area contributed by atoms with Gasteiger partial charge in [0.15, 0.2) is 6.17 Å². The number of rotatable bonds is 4. The molecule has 0 aliphatic carbocycles. The molecule has 0 heterocycles. The maximum Gasteiger partial charge on any atom is 0.434 e. The zero-order valence-corrected chi connectivity index (χ0v) is 10.6. The topological polar surface area (TPSA) is 0 Å². The van der Waals surface area contributed by atoms with Gasteiger partial charge in [-0.1, -0.05) is 0 Å². The fourth-order valence-electron chi connectivity index (χ4n) is 1.37. The number of hydrogen-bond acceptors (Lipinski definition) is 1. The van der Waals surface area contributed by atoms with Crippen LogP contribution in [0, 0.1) is 0 Å². The highest BCUT2D eigenvalue weighted by Gasteiger charge is 2.83. The standard InChI is InChI=1S/C8H5F13S/c9-2(22)1-4(11,6(13,14)15)3(10)5(12,7(16,17)18)8(19,20)21/h2-3,22H,1H2. The highest BCUT2D eigenvalue weighted by atomic mass is 32.1. The molecule has 3 atom stereocenters. The molecule has 14 heteroatoms. The summed E-state index contributed by atoms with van der Waals surface area (Å²) in [6.45, 7) is 0. The summed E-state index contributed by atoms with van der Waals surface area (Å²) in [6.07, 6.45) is -30.1. The molecule has 0 amide bonds. The van der Waals surface area contributed by atoms with Gasteiger partial charge in [0.25, 0.3) is 0 Å². The number of alkyl halides is 13. The SMILES string of the molecule is FC(S)CC(F)(C(F)C(F)(C(F)(F)F)C(F)(F)F)C(F)(F)F. The van der Waals surface area contributed by atoms with Crippen molar-refractivity contribution in [3.63, 3.8) is 0 Å². The normalized spacial score (nSPS) is 20.5. The molecule has 0 saturated heterocycles. The Balaban J connectivity index is 6.26. The van der Waals surface area contributed by atoms with Crippen LogP contribution in [0.15, 0.2) is 0 Å². The molecular formula is C8H5F13S. The molecule has 0 fully saturated rings. The summed E-state index contributed by atoms with van der Waals surface area (Å²) in [5.74, 6) is 0. The maximum atomic E-state index is 13.5. The molecule has 0 nitrogen and oxygen atoms in total. The second kappa shape index (κ2) is 5.82. The molecule has 0 aromatic carbocycles. The third-order valence-corrected chi connectivity index (χ3v) is 2.70. The minimum Gasteiger partial charge on any atom is -0.239 e. The van der Waals surface area contributed by atoms with E-state index in [0.717, 1.165) is 0 Å². The van der Waals surface area contributed by atoms with E-state index in [9.17, 15) is 57.1 Å². The van der Waals surface area contributed by atoms with Crippen LogP contribution in [0.2, 0.25) is 0 Å². The summed E-state index contributed by atoms with van der Waals surface area (Å²) in [5, 5.41) is 0. The third-order valence-electron chi connectivity index (χ3n) is 2.51. The first-order chi connectivity index (χ1) is 9.32. The van der Waals surface area contributed by atoms with Gasteiger partial charge in [0.1, 0.15) is 5.50 Å². The summed E-state index contributed by atoms with van der Waals surface area (Å²) in [6, 6.07) is 0. The van der Waals surface area contributed by atoms with Crippen LogP contribution in [0.1, 0.15) is 6.42 Å². The van der Waals surface area contributed by atoms with Crippen molar-refractivity contribution in [3.8, 4) is 0 Å². The van der Waals surface area contributed by atoms with E-state index in [0.29, 0.717) is 0 Å². The average Bonchev–Trinajstić information content (AvgIpc) is 2.20. The summed E-state index contributed by atoms with van der Waals surface area (Å²) in [7, 11) is 0. The molecule has 0 spiro atoms. The van der Waals surface area contributed by atoms with Gasteiger partial charge in [-0.3, -0.25) is 0 Å². The van der Waals surface area contributed by atoms with Crippen molar-refractivity contribution in [2.24, 2.45) is 0 Å². The van der Waals surface area contributed by atoms with Crippen LogP contribution in [-0.4, -0.2) is 41.5 Å². The van der Waals surface area contributed by atoms with Crippen LogP contribution in [-0.2, 0) is 0 Å². The van der Waals surface area contributed by atoms with Crippen LogP contribution in [0.4, 0.5) is 57.1 Å². The Hall–Kier alpha value is -0.560. The molecule has 0 aromatic heterocycles. The van der Waals surface area contributed by atoms with Crippen LogP contribution < -0.4 is 0 Å². The predicted molar refractivity (Wildman–Crippen MR) is 49.2 cm³/mol. The van der Waals surface area contributed by atoms with Gasteiger partial charge in [-0.05, 0) is 0 Å². The zero-order valence-electron chi connectivity index (χ0n) is 9.72. The van der Waals surface area contributed by atoms with E-state index >= 15 is 0 Å². The second-order valence-corrected chi connectivity index (χ2v) is 4.63. The van der Waals surface area contributed by atoms with Gasteiger partial charge in [-0.25, -0.2) is 17.6 Å². The van der Waals surface area contributed by atoms with Crippen molar-refractivity contribution in [1.82, 2.24) is 0 Å². The minimum absolute atomic E-state index is 2.50. The van der Waals surface area contributed by atoms with Gasteiger partial charge in [-0.15, -0.1) is 12.6 Å². The molecular weight excluding hydrogens is 375 g/mol. The second-order valence-electron chi connectivity index (χ2n) is 4.07. The Labute approximate surface area is 119 Å². The summed E-state index contributed by atoms with van der Waals surface area (Å²) in [4.78, 5) is 0. The van der Waals surface area contributed by atoms with Crippen molar-refractivity contribution in [2.75, 3.05) is 0 Å². The zero-order chi connectivity index (χ0) is 18.4. The van der Waals surface area contributed by atoms with Gasteiger partial charge >= 0.3 is 24.2 Å². The lowest BCUT2D eigenvalue weighted by molar-refractivity contribution is -0.383. The molecule has 0 radical (unpaired) electrons. The van der Waals surface area contributed by atoms with Crippen molar-refractivity contribution in [3.05, 3.63) is 0 Å². The largest absolute Gasteiger partial charge is 0.434 e. The highest BCUT2D eigenvalue weighted by Crippen LogP contribution is 2.56. The Morgan fingerprint density at radius 2 is 0.955 bits per heavy atom. The minimum atomic E-state index is -7.28. The van der Waals surface area contributed by atoms with Crippen LogP contribution in [0.25, 0.3) is 0 Å². The fourth-order valence-corrected chi connectivity index (χ4v) is 1.64. The van der Waals surface area contributed by atoms with Crippen molar-refractivity contribution < 1.29 is 57.1 Å². The molecule has 0 aromatic rings. The average molecular weight is 380 g/mol. The maximum absolute atomic E-state index is 13.5. The predicted octanol–water partition coefficient (Wildman–Crippen LogP) is 5.04. The molecule has 0 bridgehead atoms. The van der Waals surface area contributed by atoms with Gasteiger partial charge in [0, 0.05) is 6.42 Å². The molecule has 3 unspecified atom stereocenters. The first-order valence-electron chi connectivity index (χ1n) is 4.86. The van der Waals surface area contributed by atoms with E-state index in [2.05, 4.69) is 12.6 Å². The Morgan fingerprint density at radius 1 is 0.636 bits per heavy atom. The molecule has 22 heavy (non-hydrogen) atoms. The van der Waals surface area contributed by atoms with Gasteiger partial charge in [-0.2, -0.15) is 39.5 Å². The third kappa shape index (κ3) is 3.50. The Bertz CT molecular complexity index is 365. The molecule has 0 rings (SSSR count). The lowest BCUT2D eigenvalue weighted by Crippen LogP contribution is -2.68. The summed E-state index contributed by atoms with van der Waals surface area (Å²) >= 11 is 2.50. The lowest BCUT2D eigenvalue weighted by Gasteiger charge is -2.40. The highest BCUT2D eigenvalue weighted by molar-refractivity contribution is 7.80. The van der Waals surface area contributed by atoms with E-state index in [4.69, 9.17) is 0 Å². The van der Waals surface area contributed by atoms with Gasteiger partial charge in [0.2, 0.25) is 5.67 Å². The first-order valence-corrected chi connectivity index (χ1v) is 5.38. The quantitative estimate of drug-likeness (QED) is 0.513. The van der Waals surface area contributed by atoms with Crippen molar-refractivity contribution >= 4 is 12.6 Å². The first kappa shape index (κ1) is 21.4. The van der Waals surface area contributed by atoms with Crippen LogP contribution in [0.3, 0.4) is 0 Å². The Morgan fingerprint density at radius 3 is 1.14 bits per heavy atom. The molecule has 134 valence electrons. The lowest BCUT2D eigenvalue weighted by atomic mass is 9.83. The summed E-state index contributed by atoms with van der Waals surface area (Å²) in [5.41, 5.74) is -16.6. The number of halogens is 13. The van der Waals surface area contributed by atoms with E-state index in [-0.39, 0.29) is 0 Å². The Kier molecular flexibility index (Phi) is 5.67. The number of thiol groups is 1. The smallest absolute Gasteiger partial charge is 0.239 e. The van der Waals surface area contributed by atoms with Crippen LogP contribution >= 0.6 is 12.6 Å². The van der Waals surface area contributed by atoms with Crippen molar-refractivity contribution in [2.45, 2.75) is 48.0 Å². The monoisotopic (exact) mass is 380 g/mol. The molecule has 0 aliphatic rings. The van der Waals surface area contributed by atoms with Gasteiger partial charge in [0.05, 0.1) is 0 Å². The molecule has 0 N–H and O–H groups in total. The van der Waals surface area contributed by atoms with E-state index in [1.807, 2.05) is 0 Å². The fraction of sp³-hybridized carbons (Fsp3) is 1.00. The molecule has 0 aliphatic heterocycles. The van der Waals surface area contributed by atoms with Crippen LogP contribution in [0.5, 0.6) is 0 Å². The number of hydrogen-bond donors (Lipinski definition) is 1. The van der Waals surface area contributed by atoms with Crippen molar-refractivity contribution in [1.29, 1.82) is 0 Å². The van der Waals surface area contributed by atoms with E-state index in [1.54, 1.807) is 0 Å². The summed E-state index contributed by atoms with van der Waals surface area (Å²) < 4.78 is 162. The van der Waals surface area contributed by atoms with E-state index < -0.39 is 48.0 Å². The van der Waals surface area contributed by atoms with E-state index in [1.165, 1.54) is 0 Å². The molecule has 0 saturated carbocycles.